The Kier molecular flexibility index (Phi) is 6.39. The third-order valence-corrected chi connectivity index (χ3v) is 5.16. The summed E-state index contributed by atoms with van der Waals surface area (Å²) in [5, 5.41) is 12.4. The molecule has 1 amide bonds. The molecule has 26 heavy (non-hydrogen) atoms. The van der Waals surface area contributed by atoms with Crippen molar-refractivity contribution in [1.82, 2.24) is 14.8 Å². The number of carbonyl (C=O) groups excluding carboxylic acids is 1. The summed E-state index contributed by atoms with van der Waals surface area (Å²) < 4.78 is 8.17. The normalized spacial score (nSPS) is 10.9. The SMILES string of the molecule is CCCn1c(SCC(=O)Nc2ccccc2Cl)nnc1-c1ccc(Br)o1. The average Bonchev–Trinajstić information content (AvgIpc) is 3.22. The van der Waals surface area contributed by atoms with Crippen LogP contribution in [0.25, 0.3) is 11.6 Å². The molecule has 0 spiro atoms. The van der Waals surface area contributed by atoms with Crippen LogP contribution in [0.3, 0.4) is 0 Å². The van der Waals surface area contributed by atoms with Gasteiger partial charge in [0.15, 0.2) is 15.6 Å². The Balaban J connectivity index is 1.70. The molecular formula is C17H16BrClN4O2S. The number of thioether (sulfide) groups is 1. The highest BCUT2D eigenvalue weighted by atomic mass is 79.9. The van der Waals surface area contributed by atoms with Gasteiger partial charge in [-0.15, -0.1) is 10.2 Å². The number of nitrogens with zero attached hydrogens (tertiary/aromatic N) is 3. The molecule has 0 saturated carbocycles. The number of benzene rings is 1. The van der Waals surface area contributed by atoms with Crippen molar-refractivity contribution in [1.29, 1.82) is 0 Å². The quantitative estimate of drug-likeness (QED) is 0.502. The fourth-order valence-corrected chi connectivity index (χ4v) is 3.57. The van der Waals surface area contributed by atoms with Crippen LogP contribution in [0.4, 0.5) is 5.69 Å². The van der Waals surface area contributed by atoms with E-state index in [1.165, 1.54) is 11.8 Å². The summed E-state index contributed by atoms with van der Waals surface area (Å²) in [6.45, 7) is 2.80. The summed E-state index contributed by atoms with van der Waals surface area (Å²) in [4.78, 5) is 12.2. The number of carbonyl (C=O) groups is 1. The van der Waals surface area contributed by atoms with Crippen molar-refractivity contribution < 1.29 is 9.21 Å². The van der Waals surface area contributed by atoms with E-state index < -0.39 is 0 Å². The van der Waals surface area contributed by atoms with E-state index in [4.69, 9.17) is 16.0 Å². The van der Waals surface area contributed by atoms with Crippen LogP contribution >= 0.6 is 39.3 Å². The molecule has 0 atom stereocenters. The van der Waals surface area contributed by atoms with Crippen LogP contribution in [0.15, 0.2) is 50.6 Å². The number of para-hydroxylation sites is 1. The highest BCUT2D eigenvalue weighted by molar-refractivity contribution is 9.10. The molecule has 136 valence electrons. The first-order valence-corrected chi connectivity index (χ1v) is 10.1. The Hall–Kier alpha value is -1.77. The van der Waals surface area contributed by atoms with Gasteiger partial charge in [-0.3, -0.25) is 9.36 Å². The van der Waals surface area contributed by atoms with Crippen molar-refractivity contribution in [2.24, 2.45) is 0 Å². The Morgan fingerprint density at radius 2 is 2.12 bits per heavy atom. The Labute approximate surface area is 168 Å². The number of anilines is 1. The molecule has 0 aliphatic heterocycles. The van der Waals surface area contributed by atoms with Gasteiger partial charge in [0.1, 0.15) is 0 Å². The van der Waals surface area contributed by atoms with Gasteiger partial charge in [-0.2, -0.15) is 0 Å². The first-order chi connectivity index (χ1) is 12.6. The van der Waals surface area contributed by atoms with Crippen molar-refractivity contribution in [2.45, 2.75) is 25.0 Å². The summed E-state index contributed by atoms with van der Waals surface area (Å²) in [7, 11) is 0. The summed E-state index contributed by atoms with van der Waals surface area (Å²) in [5.41, 5.74) is 0.593. The summed E-state index contributed by atoms with van der Waals surface area (Å²) in [6.07, 6.45) is 0.909. The van der Waals surface area contributed by atoms with Gasteiger partial charge >= 0.3 is 0 Å². The minimum absolute atomic E-state index is 0.156. The van der Waals surface area contributed by atoms with Crippen molar-refractivity contribution in [3.63, 3.8) is 0 Å². The molecule has 3 rings (SSSR count). The summed E-state index contributed by atoms with van der Waals surface area (Å²) >= 11 is 10.7. The van der Waals surface area contributed by atoms with Gasteiger partial charge < -0.3 is 9.73 Å². The summed E-state index contributed by atoms with van der Waals surface area (Å²) in [6, 6.07) is 10.8. The molecule has 2 aromatic heterocycles. The van der Waals surface area contributed by atoms with E-state index in [-0.39, 0.29) is 11.7 Å². The second-order valence-electron chi connectivity index (χ2n) is 5.38. The number of amides is 1. The second kappa shape index (κ2) is 8.75. The minimum Gasteiger partial charge on any atom is -0.446 e. The lowest BCUT2D eigenvalue weighted by molar-refractivity contribution is -0.113. The predicted molar refractivity (Wildman–Crippen MR) is 107 cm³/mol. The van der Waals surface area contributed by atoms with E-state index in [9.17, 15) is 4.79 Å². The molecule has 9 heteroatoms. The van der Waals surface area contributed by atoms with E-state index >= 15 is 0 Å². The van der Waals surface area contributed by atoms with Crippen LogP contribution in [0, 0.1) is 0 Å². The van der Waals surface area contributed by atoms with Gasteiger partial charge in [-0.25, -0.2) is 0 Å². The van der Waals surface area contributed by atoms with E-state index in [1.807, 2.05) is 28.8 Å². The van der Waals surface area contributed by atoms with Crippen LogP contribution in [0.5, 0.6) is 0 Å². The zero-order valence-corrected chi connectivity index (χ0v) is 17.1. The van der Waals surface area contributed by atoms with Crippen molar-refractivity contribution in [3.05, 3.63) is 46.1 Å². The van der Waals surface area contributed by atoms with Gasteiger partial charge in [0, 0.05) is 6.54 Å². The monoisotopic (exact) mass is 454 g/mol. The molecule has 3 aromatic rings. The Morgan fingerprint density at radius 1 is 1.31 bits per heavy atom. The molecule has 1 N–H and O–H groups in total. The lowest BCUT2D eigenvalue weighted by Crippen LogP contribution is -2.15. The number of aromatic nitrogens is 3. The van der Waals surface area contributed by atoms with Crippen LogP contribution < -0.4 is 5.32 Å². The van der Waals surface area contributed by atoms with Gasteiger partial charge in [-0.05, 0) is 46.6 Å². The van der Waals surface area contributed by atoms with Gasteiger partial charge in [0.2, 0.25) is 11.7 Å². The molecule has 6 nitrogen and oxygen atoms in total. The number of hydrogen-bond acceptors (Lipinski definition) is 5. The Bertz CT molecular complexity index is 912. The minimum atomic E-state index is -0.156. The maximum Gasteiger partial charge on any atom is 0.234 e. The first-order valence-electron chi connectivity index (χ1n) is 7.94. The second-order valence-corrected chi connectivity index (χ2v) is 7.51. The highest BCUT2D eigenvalue weighted by Crippen LogP contribution is 2.28. The number of hydrogen-bond donors (Lipinski definition) is 1. The maximum atomic E-state index is 12.2. The lowest BCUT2D eigenvalue weighted by Gasteiger charge is -2.08. The third-order valence-electron chi connectivity index (χ3n) is 3.44. The molecule has 0 unspecified atom stereocenters. The molecular weight excluding hydrogens is 440 g/mol. The molecule has 0 fully saturated rings. The van der Waals surface area contributed by atoms with E-state index in [0.717, 1.165) is 13.0 Å². The van der Waals surface area contributed by atoms with Gasteiger partial charge in [0.25, 0.3) is 0 Å². The summed E-state index contributed by atoms with van der Waals surface area (Å²) in [5.74, 6) is 1.32. The predicted octanol–water partition coefficient (Wildman–Crippen LogP) is 5.09. The fraction of sp³-hybridized carbons (Fsp3) is 0.235. The van der Waals surface area contributed by atoms with Crippen molar-refractivity contribution in [2.75, 3.05) is 11.1 Å². The molecule has 0 aliphatic carbocycles. The molecule has 0 radical (unpaired) electrons. The van der Waals surface area contributed by atoms with Crippen molar-refractivity contribution in [3.8, 4) is 11.6 Å². The van der Waals surface area contributed by atoms with Crippen LogP contribution in [-0.4, -0.2) is 26.4 Å². The smallest absolute Gasteiger partial charge is 0.234 e. The average molecular weight is 456 g/mol. The topological polar surface area (TPSA) is 73.0 Å². The van der Waals surface area contributed by atoms with Gasteiger partial charge in [0.05, 0.1) is 16.5 Å². The highest BCUT2D eigenvalue weighted by Gasteiger charge is 2.17. The van der Waals surface area contributed by atoms with Crippen LogP contribution in [0.2, 0.25) is 5.02 Å². The van der Waals surface area contributed by atoms with Crippen LogP contribution in [0.1, 0.15) is 13.3 Å². The van der Waals surface area contributed by atoms with E-state index in [2.05, 4.69) is 38.4 Å². The molecule has 2 heterocycles. The number of rotatable bonds is 7. The molecule has 1 aromatic carbocycles. The van der Waals surface area contributed by atoms with E-state index in [1.54, 1.807) is 12.1 Å². The van der Waals surface area contributed by atoms with E-state index in [0.29, 0.717) is 32.1 Å². The fourth-order valence-electron chi connectivity index (χ4n) is 2.32. The molecule has 0 saturated heterocycles. The largest absolute Gasteiger partial charge is 0.446 e. The number of halogens is 2. The number of nitrogens with one attached hydrogen (secondary N) is 1. The maximum absolute atomic E-state index is 12.2. The third kappa shape index (κ3) is 4.49. The number of furan rings is 1. The molecule has 0 aliphatic rings. The van der Waals surface area contributed by atoms with Crippen LogP contribution in [-0.2, 0) is 11.3 Å². The van der Waals surface area contributed by atoms with Gasteiger partial charge in [-0.1, -0.05) is 42.4 Å². The zero-order valence-electron chi connectivity index (χ0n) is 13.9. The zero-order chi connectivity index (χ0) is 18.5. The first kappa shape index (κ1) is 19.0. The Morgan fingerprint density at radius 3 is 2.81 bits per heavy atom. The lowest BCUT2D eigenvalue weighted by atomic mass is 10.3. The van der Waals surface area contributed by atoms with Crippen molar-refractivity contribution >= 4 is 50.9 Å². The molecule has 0 bridgehead atoms. The standard InChI is InChI=1S/C17H16BrClN4O2S/c1-2-9-23-16(13-7-8-14(18)25-13)21-22-17(23)26-10-15(24)20-12-6-4-3-5-11(12)19/h3-8H,2,9-10H2,1H3,(H,20,24).